The van der Waals surface area contributed by atoms with E-state index in [2.05, 4.69) is 28.9 Å². The SMILES string of the molecule is Cc1cc(N2C(=O)CCC2CN2CCCCC2)ccc1OCCCN1CCCC1CO. The zero-order valence-corrected chi connectivity index (χ0v) is 19.1. The number of aliphatic hydroxyl groups excluding tert-OH is 1. The molecule has 3 aliphatic heterocycles. The number of benzene rings is 1. The van der Waals surface area contributed by atoms with Gasteiger partial charge in [-0.3, -0.25) is 9.69 Å². The molecule has 6 nitrogen and oxygen atoms in total. The minimum Gasteiger partial charge on any atom is -0.493 e. The van der Waals surface area contributed by atoms with Gasteiger partial charge in [0.05, 0.1) is 19.3 Å². The predicted octanol–water partition coefficient (Wildman–Crippen LogP) is 3.20. The number of hydrogen-bond donors (Lipinski definition) is 1. The molecular weight excluding hydrogens is 390 g/mol. The summed E-state index contributed by atoms with van der Waals surface area (Å²) in [6.45, 7) is 8.39. The van der Waals surface area contributed by atoms with Crippen LogP contribution in [0.3, 0.4) is 0 Å². The molecule has 6 heteroatoms. The van der Waals surface area contributed by atoms with Crippen molar-refractivity contribution >= 4 is 11.6 Å². The van der Waals surface area contributed by atoms with Gasteiger partial charge >= 0.3 is 0 Å². The standard InChI is InChI=1S/C25H39N3O3/c1-20-17-21(28-22(9-11-25(28)30)18-26-12-3-2-4-13-26)8-10-24(20)31-16-6-15-27-14-5-7-23(27)19-29/h8,10,17,22-23,29H,2-7,9,11-16,18-19H2,1H3. The molecule has 0 saturated carbocycles. The second-order valence-electron chi connectivity index (χ2n) is 9.48. The van der Waals surface area contributed by atoms with Gasteiger partial charge in [-0.15, -0.1) is 0 Å². The first-order chi connectivity index (χ1) is 15.2. The van der Waals surface area contributed by atoms with Crippen LogP contribution in [0.2, 0.25) is 0 Å². The van der Waals surface area contributed by atoms with Crippen LogP contribution in [0.25, 0.3) is 0 Å². The summed E-state index contributed by atoms with van der Waals surface area (Å²) in [7, 11) is 0. The molecule has 0 bridgehead atoms. The smallest absolute Gasteiger partial charge is 0.227 e. The van der Waals surface area contributed by atoms with Gasteiger partial charge in [-0.2, -0.15) is 0 Å². The summed E-state index contributed by atoms with van der Waals surface area (Å²) in [6, 6.07) is 6.82. The average molecular weight is 430 g/mol. The highest BCUT2D eigenvalue weighted by atomic mass is 16.5. The molecule has 3 heterocycles. The first-order valence-corrected chi connectivity index (χ1v) is 12.3. The van der Waals surface area contributed by atoms with Crippen molar-refractivity contribution in [2.75, 3.05) is 50.8 Å². The lowest BCUT2D eigenvalue weighted by atomic mass is 10.1. The van der Waals surface area contributed by atoms with Crippen LogP contribution in [-0.4, -0.2) is 78.8 Å². The third kappa shape index (κ3) is 5.60. The van der Waals surface area contributed by atoms with E-state index in [0.717, 1.165) is 55.9 Å². The summed E-state index contributed by atoms with van der Waals surface area (Å²) in [5.41, 5.74) is 2.10. The summed E-state index contributed by atoms with van der Waals surface area (Å²) >= 11 is 0. The molecule has 172 valence electrons. The molecule has 2 atom stereocenters. The Balaban J connectivity index is 1.31. The minimum atomic E-state index is 0.249. The number of hydrogen-bond acceptors (Lipinski definition) is 5. The van der Waals surface area contributed by atoms with Crippen LogP contribution in [0.4, 0.5) is 5.69 Å². The maximum Gasteiger partial charge on any atom is 0.227 e. The van der Waals surface area contributed by atoms with Gasteiger partial charge in [-0.1, -0.05) is 6.42 Å². The molecule has 0 aliphatic carbocycles. The number of carbonyl (C=O) groups is 1. The van der Waals surface area contributed by atoms with Gasteiger partial charge in [0.15, 0.2) is 0 Å². The number of likely N-dealkylation sites (tertiary alicyclic amines) is 2. The first-order valence-electron chi connectivity index (χ1n) is 12.3. The van der Waals surface area contributed by atoms with Crippen molar-refractivity contribution in [3.05, 3.63) is 23.8 Å². The van der Waals surface area contributed by atoms with Crippen LogP contribution in [0.15, 0.2) is 18.2 Å². The minimum absolute atomic E-state index is 0.249. The van der Waals surface area contributed by atoms with Crippen molar-refractivity contribution in [2.45, 2.75) is 70.4 Å². The molecule has 3 fully saturated rings. The normalized spacial score (nSPS) is 25.5. The lowest BCUT2D eigenvalue weighted by Gasteiger charge is -2.33. The van der Waals surface area contributed by atoms with E-state index in [0.29, 0.717) is 19.1 Å². The largest absolute Gasteiger partial charge is 0.493 e. The fraction of sp³-hybridized carbons (Fsp3) is 0.720. The van der Waals surface area contributed by atoms with Gasteiger partial charge in [0.1, 0.15) is 5.75 Å². The van der Waals surface area contributed by atoms with E-state index >= 15 is 0 Å². The number of rotatable bonds is 9. The molecule has 0 radical (unpaired) electrons. The molecule has 1 amide bonds. The Bertz CT molecular complexity index is 735. The number of carbonyl (C=O) groups excluding carboxylic acids is 1. The Morgan fingerprint density at radius 1 is 1.06 bits per heavy atom. The van der Waals surface area contributed by atoms with Gasteiger partial charge in [0, 0.05) is 31.2 Å². The van der Waals surface area contributed by atoms with E-state index in [1.165, 1.54) is 38.8 Å². The van der Waals surface area contributed by atoms with E-state index in [-0.39, 0.29) is 18.6 Å². The van der Waals surface area contributed by atoms with E-state index in [4.69, 9.17) is 4.74 Å². The molecule has 0 spiro atoms. The monoisotopic (exact) mass is 429 g/mol. The quantitative estimate of drug-likeness (QED) is 0.611. The maximum absolute atomic E-state index is 12.7. The van der Waals surface area contributed by atoms with E-state index in [1.54, 1.807) is 0 Å². The Kier molecular flexibility index (Phi) is 7.86. The number of aryl methyl sites for hydroxylation is 1. The van der Waals surface area contributed by atoms with Crippen LogP contribution >= 0.6 is 0 Å². The summed E-state index contributed by atoms with van der Waals surface area (Å²) in [4.78, 5) is 19.6. The maximum atomic E-state index is 12.7. The number of anilines is 1. The highest BCUT2D eigenvalue weighted by Gasteiger charge is 2.33. The molecule has 4 rings (SSSR count). The molecule has 3 saturated heterocycles. The number of aliphatic hydroxyl groups is 1. The summed E-state index contributed by atoms with van der Waals surface area (Å²) in [5.74, 6) is 1.15. The van der Waals surface area contributed by atoms with Gasteiger partial charge in [-0.05, 0) is 88.8 Å². The lowest BCUT2D eigenvalue weighted by molar-refractivity contribution is -0.117. The highest BCUT2D eigenvalue weighted by Crippen LogP contribution is 2.31. The number of nitrogens with zero attached hydrogens (tertiary/aromatic N) is 3. The molecule has 3 aliphatic rings. The molecule has 0 aromatic heterocycles. The lowest BCUT2D eigenvalue weighted by Crippen LogP contribution is -2.43. The van der Waals surface area contributed by atoms with Crippen LogP contribution in [0, 0.1) is 6.92 Å². The fourth-order valence-electron chi connectivity index (χ4n) is 5.50. The second kappa shape index (κ2) is 10.8. The zero-order valence-electron chi connectivity index (χ0n) is 19.1. The van der Waals surface area contributed by atoms with Gasteiger partial charge in [-0.25, -0.2) is 0 Å². The predicted molar refractivity (Wildman–Crippen MR) is 124 cm³/mol. The van der Waals surface area contributed by atoms with Crippen LogP contribution < -0.4 is 9.64 Å². The Morgan fingerprint density at radius 3 is 2.68 bits per heavy atom. The van der Waals surface area contributed by atoms with Crippen molar-refractivity contribution in [3.8, 4) is 5.75 Å². The summed E-state index contributed by atoms with van der Waals surface area (Å²) in [5, 5.41) is 9.45. The van der Waals surface area contributed by atoms with Crippen molar-refractivity contribution in [3.63, 3.8) is 0 Å². The van der Waals surface area contributed by atoms with E-state index in [1.807, 2.05) is 11.0 Å². The molecule has 1 aromatic rings. The number of amides is 1. The number of ether oxygens (including phenoxy) is 1. The highest BCUT2D eigenvalue weighted by molar-refractivity contribution is 5.96. The Morgan fingerprint density at radius 2 is 1.90 bits per heavy atom. The van der Waals surface area contributed by atoms with Gasteiger partial charge in [0.2, 0.25) is 5.91 Å². The molecule has 1 aromatic carbocycles. The molecular formula is C25H39N3O3. The fourth-order valence-corrected chi connectivity index (χ4v) is 5.50. The van der Waals surface area contributed by atoms with Gasteiger partial charge in [0.25, 0.3) is 0 Å². The molecule has 1 N–H and O–H groups in total. The van der Waals surface area contributed by atoms with Gasteiger partial charge < -0.3 is 19.6 Å². The zero-order chi connectivity index (χ0) is 21.6. The van der Waals surface area contributed by atoms with E-state index in [9.17, 15) is 9.90 Å². The summed E-state index contributed by atoms with van der Waals surface area (Å²) < 4.78 is 6.06. The molecule has 2 unspecified atom stereocenters. The second-order valence-corrected chi connectivity index (χ2v) is 9.48. The average Bonchev–Trinajstić information content (AvgIpc) is 3.39. The Hall–Kier alpha value is -1.63. The van der Waals surface area contributed by atoms with Crippen LogP contribution in [0.1, 0.15) is 56.9 Å². The molecule has 31 heavy (non-hydrogen) atoms. The van der Waals surface area contributed by atoms with Crippen LogP contribution in [-0.2, 0) is 4.79 Å². The van der Waals surface area contributed by atoms with Crippen molar-refractivity contribution in [1.82, 2.24) is 9.80 Å². The third-order valence-corrected chi connectivity index (χ3v) is 7.24. The third-order valence-electron chi connectivity index (χ3n) is 7.24. The van der Waals surface area contributed by atoms with Crippen molar-refractivity contribution < 1.29 is 14.6 Å². The topological polar surface area (TPSA) is 56.2 Å². The number of piperidine rings is 1. The van der Waals surface area contributed by atoms with Crippen molar-refractivity contribution in [2.24, 2.45) is 0 Å². The Labute approximate surface area is 187 Å². The first kappa shape index (κ1) is 22.6. The van der Waals surface area contributed by atoms with Crippen LogP contribution in [0.5, 0.6) is 5.75 Å². The van der Waals surface area contributed by atoms with E-state index < -0.39 is 0 Å². The van der Waals surface area contributed by atoms with Crippen molar-refractivity contribution in [1.29, 1.82) is 0 Å². The summed E-state index contributed by atoms with van der Waals surface area (Å²) in [6.07, 6.45) is 8.75.